The number of hydrogen-bond acceptors (Lipinski definition) is 0. The lowest BCUT2D eigenvalue weighted by atomic mass is 9.38. The van der Waals surface area contributed by atoms with Crippen molar-refractivity contribution >= 4 is 106 Å². The summed E-state index contributed by atoms with van der Waals surface area (Å²) >= 11 is 0. The first-order valence-electron chi connectivity index (χ1n) is 18.5. The van der Waals surface area contributed by atoms with Gasteiger partial charge in [-0.3, -0.25) is 0 Å². The Labute approximate surface area is 298 Å². The fraction of sp³-hybridized carbons (Fsp3) is 0. The van der Waals surface area contributed by atoms with Gasteiger partial charge in [-0.1, -0.05) is 144 Å². The molecule has 0 aliphatic carbocycles. The first-order valence-corrected chi connectivity index (χ1v) is 18.5. The smallest absolute Gasteiger partial charge is 0.249 e. The molecule has 0 bridgehead atoms. The van der Waals surface area contributed by atoms with Crippen LogP contribution in [0.2, 0.25) is 0 Å². The molecule has 4 heteroatoms. The van der Waals surface area contributed by atoms with Crippen LogP contribution in [0.5, 0.6) is 0 Å². The van der Waals surface area contributed by atoms with Gasteiger partial charge < -0.3 is 8.97 Å². The molecule has 0 radical (unpaired) electrons. The summed E-state index contributed by atoms with van der Waals surface area (Å²) in [6, 6.07) is 54.6. The van der Waals surface area contributed by atoms with Gasteiger partial charge in [-0.25, -0.2) is 0 Å². The van der Waals surface area contributed by atoms with Crippen LogP contribution in [0.4, 0.5) is 0 Å². The van der Waals surface area contributed by atoms with E-state index in [1.165, 1.54) is 132 Å². The van der Waals surface area contributed by atoms with E-state index in [1.807, 2.05) is 0 Å². The van der Waals surface area contributed by atoms with E-state index in [2.05, 4.69) is 155 Å². The van der Waals surface area contributed by atoms with Gasteiger partial charge in [-0.15, -0.1) is 0 Å². The highest BCUT2D eigenvalue weighted by Crippen LogP contribution is 2.44. The largest absolute Gasteiger partial charge is 0.310 e. The summed E-state index contributed by atoms with van der Waals surface area (Å²) in [5, 5.41) is 8.32. The maximum Gasteiger partial charge on any atom is 0.249 e. The molecular weight excluding hydrogens is 626 g/mol. The quantitative estimate of drug-likeness (QED) is 0.154. The van der Waals surface area contributed by atoms with E-state index in [1.54, 1.807) is 0 Å². The fourth-order valence-corrected chi connectivity index (χ4v) is 11.8. The number of hydrogen-bond donors (Lipinski definition) is 0. The first-order chi connectivity index (χ1) is 25.9. The summed E-state index contributed by atoms with van der Waals surface area (Å²) in [7, 11) is 0. The lowest BCUT2D eigenvalue weighted by Crippen LogP contribution is -2.51. The van der Waals surface area contributed by atoms with Crippen LogP contribution in [-0.4, -0.2) is 22.4 Å². The lowest BCUT2D eigenvalue weighted by Gasteiger charge is -2.23. The van der Waals surface area contributed by atoms with Crippen molar-refractivity contribution in [1.29, 1.82) is 0 Å². The second-order valence-electron chi connectivity index (χ2n) is 15.4. The van der Waals surface area contributed by atoms with Gasteiger partial charge in [-0.2, -0.15) is 0 Å². The molecule has 5 aliphatic rings. The summed E-state index contributed by atoms with van der Waals surface area (Å²) in [6.45, 7) is 0.786. The molecule has 0 N–H and O–H groups in total. The van der Waals surface area contributed by atoms with Crippen LogP contribution in [0.15, 0.2) is 146 Å². The molecule has 8 heterocycles. The Morgan fingerprint density at radius 2 is 0.846 bits per heavy atom. The highest BCUT2D eigenvalue weighted by atomic mass is 15.0. The SMILES string of the molecule is c1cc2c3c(c1)-c1ccc4c5ccccc5n5c4c1B3c1c-2cccc1-5.c1ccc2c(c1)B1c3cccc4c5cccc6c7ccc-2c1c7n(c34)c56. The molecule has 232 valence electrons. The molecule has 5 aliphatic heterocycles. The minimum atomic E-state index is 0.366. The predicted molar refractivity (Wildman–Crippen MR) is 221 cm³/mol. The van der Waals surface area contributed by atoms with Crippen molar-refractivity contribution < 1.29 is 0 Å². The van der Waals surface area contributed by atoms with Gasteiger partial charge >= 0.3 is 0 Å². The normalized spacial score (nSPS) is 14.1. The molecule has 0 saturated carbocycles. The minimum absolute atomic E-state index is 0.366. The second kappa shape index (κ2) is 8.17. The third-order valence-electron chi connectivity index (χ3n) is 13.5. The zero-order valence-electron chi connectivity index (χ0n) is 27.9. The molecule has 52 heavy (non-hydrogen) atoms. The molecule has 3 aromatic heterocycles. The molecule has 0 spiro atoms. The first kappa shape index (κ1) is 25.4. The molecule has 8 aromatic carbocycles. The Balaban J connectivity index is 0.000000105. The van der Waals surface area contributed by atoms with Crippen LogP contribution in [0.25, 0.3) is 99.0 Å². The van der Waals surface area contributed by atoms with Crippen LogP contribution < -0.4 is 32.8 Å². The van der Waals surface area contributed by atoms with Gasteiger partial charge in [0.25, 0.3) is 0 Å². The van der Waals surface area contributed by atoms with Crippen molar-refractivity contribution in [2.24, 2.45) is 0 Å². The maximum absolute atomic E-state index is 2.56. The Morgan fingerprint density at radius 1 is 0.308 bits per heavy atom. The van der Waals surface area contributed by atoms with E-state index >= 15 is 0 Å². The number of rotatable bonds is 0. The van der Waals surface area contributed by atoms with E-state index in [4.69, 9.17) is 0 Å². The van der Waals surface area contributed by atoms with E-state index in [-0.39, 0.29) is 0 Å². The lowest BCUT2D eigenvalue weighted by molar-refractivity contribution is 1.19. The van der Waals surface area contributed by atoms with Gasteiger partial charge in [0.2, 0.25) is 13.4 Å². The van der Waals surface area contributed by atoms with Gasteiger partial charge in [0.05, 0.1) is 16.6 Å². The molecule has 0 fully saturated rings. The van der Waals surface area contributed by atoms with Crippen LogP contribution in [-0.2, 0) is 0 Å². The monoisotopic (exact) mass is 650 g/mol. The predicted octanol–water partition coefficient (Wildman–Crippen LogP) is 7.22. The average Bonchev–Trinajstić information content (AvgIpc) is 4.03. The Morgan fingerprint density at radius 3 is 1.69 bits per heavy atom. The minimum Gasteiger partial charge on any atom is -0.310 e. The van der Waals surface area contributed by atoms with Crippen LogP contribution in [0.3, 0.4) is 0 Å². The van der Waals surface area contributed by atoms with Crippen LogP contribution in [0.1, 0.15) is 0 Å². The van der Waals surface area contributed by atoms with Crippen molar-refractivity contribution in [2.45, 2.75) is 0 Å². The van der Waals surface area contributed by atoms with Crippen molar-refractivity contribution in [3.8, 4) is 39.1 Å². The van der Waals surface area contributed by atoms with E-state index < -0.39 is 0 Å². The van der Waals surface area contributed by atoms with Crippen molar-refractivity contribution in [2.75, 3.05) is 0 Å². The van der Waals surface area contributed by atoms with Crippen molar-refractivity contribution in [3.05, 3.63) is 146 Å². The van der Waals surface area contributed by atoms with Gasteiger partial charge in [0.15, 0.2) is 0 Å². The van der Waals surface area contributed by atoms with Gasteiger partial charge in [0.1, 0.15) is 0 Å². The standard InChI is InChI=1S/2C24H12BN/c1-2-9-19-13(5-1)14-11-12-18-16-7-3-6-15-17-8-4-10-20-23(17)26(22(15)16)24(18)21(14)25(19)20;1-2-9-19-13(5-1)18-12-11-17-15-7-3-6-14-16-8-4-10-20-22(16)25(21(14)15)23(17)24(18)26(19)20/h2*1-12H. The van der Waals surface area contributed by atoms with Crippen molar-refractivity contribution in [3.63, 3.8) is 0 Å². The Hall–Kier alpha value is -6.51. The molecule has 11 aromatic rings. The van der Waals surface area contributed by atoms with Crippen LogP contribution in [0, 0.1) is 0 Å². The fourth-order valence-electron chi connectivity index (χ4n) is 11.8. The average molecular weight is 650 g/mol. The maximum atomic E-state index is 2.56. The van der Waals surface area contributed by atoms with Crippen molar-refractivity contribution in [1.82, 2.24) is 8.97 Å². The molecule has 0 unspecified atom stereocenters. The number of nitrogens with zero attached hydrogens (tertiary/aromatic N) is 2. The molecule has 0 atom stereocenters. The summed E-state index contributed by atoms with van der Waals surface area (Å²) in [5.41, 5.74) is 25.9. The highest BCUT2D eigenvalue weighted by molar-refractivity contribution is 7.05. The molecule has 0 amide bonds. The molecule has 16 rings (SSSR count). The number of para-hydroxylation sites is 3. The zero-order chi connectivity index (χ0) is 33.1. The Kier molecular flexibility index (Phi) is 4.00. The third-order valence-corrected chi connectivity index (χ3v) is 13.5. The highest BCUT2D eigenvalue weighted by Gasteiger charge is 2.47. The van der Waals surface area contributed by atoms with Gasteiger partial charge in [0, 0.05) is 49.0 Å². The summed E-state index contributed by atoms with van der Waals surface area (Å²) in [6.07, 6.45) is 0. The molecule has 0 saturated heterocycles. The topological polar surface area (TPSA) is 9.34 Å². The van der Waals surface area contributed by atoms with E-state index in [0.717, 1.165) is 0 Å². The second-order valence-corrected chi connectivity index (χ2v) is 15.4. The third kappa shape index (κ3) is 2.49. The molecular formula is C48H24B2N2. The van der Waals surface area contributed by atoms with E-state index in [9.17, 15) is 0 Å². The van der Waals surface area contributed by atoms with Gasteiger partial charge in [-0.05, 0) is 67.4 Å². The number of aromatic nitrogens is 2. The van der Waals surface area contributed by atoms with E-state index in [0.29, 0.717) is 13.4 Å². The number of benzene rings is 8. The van der Waals surface area contributed by atoms with Crippen LogP contribution >= 0.6 is 0 Å². The Bertz CT molecular complexity index is 3550. The molecule has 2 nitrogen and oxygen atoms in total. The zero-order valence-corrected chi connectivity index (χ0v) is 27.9. The summed E-state index contributed by atoms with van der Waals surface area (Å²) in [4.78, 5) is 0. The summed E-state index contributed by atoms with van der Waals surface area (Å²) in [5.74, 6) is 0. The summed E-state index contributed by atoms with van der Waals surface area (Å²) < 4.78 is 5.08. The number of fused-ring (bicyclic) bond motifs is 12.